The van der Waals surface area contributed by atoms with Crippen LogP contribution in [0.25, 0.3) is 0 Å². The van der Waals surface area contributed by atoms with Gasteiger partial charge in [0, 0.05) is 44.9 Å². The van der Waals surface area contributed by atoms with Gasteiger partial charge in [0.1, 0.15) is 54.4 Å². The van der Waals surface area contributed by atoms with Gasteiger partial charge in [0.25, 0.3) is 0 Å². The molecule has 20 N–H and O–H groups in total. The Morgan fingerprint density at radius 1 is 0.678 bits per heavy atom. The van der Waals surface area contributed by atoms with E-state index >= 15 is 9.59 Å². The van der Waals surface area contributed by atoms with E-state index in [1.165, 1.54) is 6.92 Å². The zero-order valence-electron chi connectivity index (χ0n) is 53.3. The van der Waals surface area contributed by atoms with E-state index in [1.807, 2.05) is 0 Å². The van der Waals surface area contributed by atoms with Gasteiger partial charge in [-0.05, 0) is 101 Å². The fourth-order valence-electron chi connectivity index (χ4n) is 10.5. The summed E-state index contributed by atoms with van der Waals surface area (Å²) >= 11 is 0. The van der Waals surface area contributed by atoms with Crippen molar-refractivity contribution in [3.63, 3.8) is 0 Å². The first-order valence-corrected chi connectivity index (χ1v) is 30.8. The lowest BCUT2D eigenvalue weighted by Gasteiger charge is -2.40. The molecule has 0 spiro atoms. The van der Waals surface area contributed by atoms with Crippen molar-refractivity contribution in [2.45, 2.75) is 224 Å². The van der Waals surface area contributed by atoms with Gasteiger partial charge in [-0.15, -0.1) is 0 Å². The lowest BCUT2D eigenvalue weighted by molar-refractivity contribution is -0.168. The monoisotopic (exact) mass is 1280 g/mol. The standard InChI is InChI=1S/C58H100N14O18/c1-28(2)23-37-56(87)71(9)40(19-20-43(61)76)53(84)67-36(25-44(62)77)52(83)69-38(26-46(79)80)57(88)72-22-13-11-17-41(72)58(89)90-49(30(5)29(3)4)48(55(86)70-47(33(8)73)54(85)66-35(51(82)68-37)16-10-12-21-59)64-27-39(31(6)32(7)50(63)81)65-45(78)24-34(74)15-14-18-42(60)75/h28-41,47-49,64,73-74H,10-27,59H2,1-9H3,(H2,60,75)(H2,61,76)(H2,62,77)(H2,63,81)(H,65,78)(H,66,85)(H,67,84)(H,68,82)(H,69,83)(H,70,86)(H,79,80). The smallest absolute Gasteiger partial charge is 0.329 e. The molecule has 32 heteroatoms. The van der Waals surface area contributed by atoms with E-state index < -0.39 is 218 Å². The number of hydrogen-bond donors (Lipinski definition) is 15. The summed E-state index contributed by atoms with van der Waals surface area (Å²) in [6.07, 6.45) is -7.32. The number of aliphatic carboxylic acids is 1. The van der Waals surface area contributed by atoms with Gasteiger partial charge in [0.05, 0.1) is 31.5 Å². The number of piperidine rings is 1. The number of nitrogens with zero attached hydrogens (tertiary/aromatic N) is 2. The maximum absolute atomic E-state index is 15.3. The zero-order chi connectivity index (χ0) is 68.4. The Balaban J connectivity index is 3.12. The van der Waals surface area contributed by atoms with Crippen LogP contribution < -0.4 is 65.9 Å². The number of cyclic esters (lactones) is 1. The number of rotatable bonds is 29. The fourth-order valence-corrected chi connectivity index (χ4v) is 10.5. The number of nitrogens with one attached hydrogen (secondary N) is 7. The summed E-state index contributed by atoms with van der Waals surface area (Å²) in [5, 5.41) is 50.4. The number of amides is 12. The number of carboxylic acid groups (broad SMARTS) is 1. The topological polar surface area (TPSA) is 530 Å². The van der Waals surface area contributed by atoms with E-state index in [9.17, 15) is 72.9 Å². The molecular weight excluding hydrogens is 1180 g/mol. The number of esters is 1. The van der Waals surface area contributed by atoms with E-state index in [2.05, 4.69) is 37.2 Å². The summed E-state index contributed by atoms with van der Waals surface area (Å²) in [7, 11) is 1.15. The molecule has 510 valence electrons. The molecule has 2 rings (SSSR count). The van der Waals surface area contributed by atoms with Gasteiger partial charge in [-0.2, -0.15) is 0 Å². The third-order valence-corrected chi connectivity index (χ3v) is 16.4. The van der Waals surface area contributed by atoms with Crippen molar-refractivity contribution in [1.29, 1.82) is 0 Å². The minimum Gasteiger partial charge on any atom is -0.481 e. The summed E-state index contributed by atoms with van der Waals surface area (Å²) in [5.41, 5.74) is 27.8. The molecule has 2 saturated heterocycles. The van der Waals surface area contributed by atoms with Crippen molar-refractivity contribution in [3.8, 4) is 0 Å². The van der Waals surface area contributed by atoms with Crippen LogP contribution in [-0.2, 0) is 71.9 Å². The third-order valence-electron chi connectivity index (χ3n) is 16.4. The number of carbonyl (C=O) groups excluding carboxylic acids is 13. The Labute approximate surface area is 524 Å². The zero-order valence-corrected chi connectivity index (χ0v) is 53.3. The number of ether oxygens (including phenoxy) is 1. The van der Waals surface area contributed by atoms with Crippen LogP contribution in [0.1, 0.15) is 152 Å². The Morgan fingerprint density at radius 2 is 1.28 bits per heavy atom. The highest BCUT2D eigenvalue weighted by atomic mass is 16.5. The molecule has 90 heavy (non-hydrogen) atoms. The second-order valence-electron chi connectivity index (χ2n) is 24.5. The first-order valence-electron chi connectivity index (χ1n) is 30.8. The van der Waals surface area contributed by atoms with Crippen molar-refractivity contribution >= 4 is 82.8 Å². The van der Waals surface area contributed by atoms with Crippen LogP contribution in [0.5, 0.6) is 0 Å². The van der Waals surface area contributed by atoms with Crippen LogP contribution in [0.15, 0.2) is 0 Å². The molecule has 0 aliphatic carbocycles. The van der Waals surface area contributed by atoms with E-state index in [4.69, 9.17) is 33.4 Å². The number of hydrogen-bond acceptors (Lipinski definition) is 19. The molecule has 2 aliphatic heterocycles. The lowest BCUT2D eigenvalue weighted by atomic mass is 9.85. The molecule has 12 amide bonds. The number of fused-ring (bicyclic) bond motifs is 1. The Bertz CT molecular complexity index is 2520. The number of primary amides is 4. The van der Waals surface area contributed by atoms with Crippen molar-refractivity contribution < 1.29 is 87.2 Å². The summed E-state index contributed by atoms with van der Waals surface area (Å²) in [5.74, 6) is -18.2. The molecule has 0 bridgehead atoms. The average Bonchev–Trinajstić information content (AvgIpc) is 0.899. The largest absolute Gasteiger partial charge is 0.481 e. The highest BCUT2D eigenvalue weighted by molar-refractivity contribution is 6.00. The van der Waals surface area contributed by atoms with Crippen molar-refractivity contribution in [2.24, 2.45) is 58.3 Å². The second kappa shape index (κ2) is 38.2. The quantitative estimate of drug-likeness (QED) is 0.0248. The molecule has 2 aliphatic rings. The minimum absolute atomic E-state index is 0.0130. The molecule has 2 heterocycles. The van der Waals surface area contributed by atoms with Crippen LogP contribution in [0, 0.1) is 29.6 Å². The van der Waals surface area contributed by atoms with E-state index in [-0.39, 0.29) is 70.4 Å². The molecule has 0 radical (unpaired) electrons. The SMILES string of the molecule is CC(C)CC1NC(=O)C(CCCCN)NC(=O)C(C(C)O)NC(=O)C(NCC(NC(=O)CC(O)CCCC(N)=O)C(C)C(C)C(N)=O)C(C(C)C(C)C)OC(=O)C2CCCCN2C(=O)C(CC(=O)O)NC(=O)C(CC(N)=O)NC(=O)C(CCC(N)=O)N(C)C1=O. The van der Waals surface area contributed by atoms with Crippen LogP contribution in [-0.4, -0.2) is 207 Å². The normalized spacial score (nSPS) is 25.2. The van der Waals surface area contributed by atoms with Gasteiger partial charge in [-0.1, -0.05) is 48.5 Å². The van der Waals surface area contributed by atoms with Crippen molar-refractivity contribution in [1.82, 2.24) is 47.0 Å². The molecule has 0 aromatic heterocycles. The van der Waals surface area contributed by atoms with Crippen LogP contribution >= 0.6 is 0 Å². The fraction of sp³-hybridized carbons (Fsp3) is 0.759. The second-order valence-corrected chi connectivity index (χ2v) is 24.5. The maximum Gasteiger partial charge on any atom is 0.329 e. The summed E-state index contributed by atoms with van der Waals surface area (Å²) in [6.45, 7) is 12.2. The number of aliphatic hydroxyl groups is 2. The molecule has 15 atom stereocenters. The summed E-state index contributed by atoms with van der Waals surface area (Å²) < 4.78 is 6.34. The number of likely N-dealkylation sites (N-methyl/N-ethyl adjacent to an activating group) is 1. The predicted octanol–water partition coefficient (Wildman–Crippen LogP) is -4.39. The van der Waals surface area contributed by atoms with Gasteiger partial charge in [-0.3, -0.25) is 62.3 Å². The summed E-state index contributed by atoms with van der Waals surface area (Å²) in [4.78, 5) is 195. The number of carboxylic acids is 1. The molecule has 15 unspecified atom stereocenters. The van der Waals surface area contributed by atoms with Crippen molar-refractivity contribution in [2.75, 3.05) is 26.7 Å². The highest BCUT2D eigenvalue weighted by Crippen LogP contribution is 2.27. The van der Waals surface area contributed by atoms with Crippen LogP contribution in [0.2, 0.25) is 0 Å². The van der Waals surface area contributed by atoms with Gasteiger partial charge in [-0.25, -0.2) is 4.79 Å². The maximum atomic E-state index is 15.3. The first-order chi connectivity index (χ1) is 42.0. The Hall–Kier alpha value is -7.58. The van der Waals surface area contributed by atoms with Gasteiger partial charge in [0.2, 0.25) is 70.9 Å². The average molecular weight is 1280 g/mol. The summed E-state index contributed by atoms with van der Waals surface area (Å²) in [6, 6.07) is -15.0. The van der Waals surface area contributed by atoms with Crippen LogP contribution in [0.3, 0.4) is 0 Å². The number of aliphatic hydroxyl groups excluding tert-OH is 2. The highest BCUT2D eigenvalue weighted by Gasteiger charge is 2.45. The minimum atomic E-state index is -2.01. The van der Waals surface area contributed by atoms with E-state index in [0.717, 1.165) is 23.8 Å². The Kier molecular flexibility index (Phi) is 33.3. The number of carbonyl (C=O) groups is 14. The predicted molar refractivity (Wildman–Crippen MR) is 323 cm³/mol. The van der Waals surface area contributed by atoms with Gasteiger partial charge >= 0.3 is 11.9 Å². The molecule has 0 saturated carbocycles. The van der Waals surface area contributed by atoms with E-state index in [0.29, 0.717) is 12.8 Å². The first kappa shape index (κ1) is 78.5. The Morgan fingerprint density at radius 3 is 1.83 bits per heavy atom. The van der Waals surface area contributed by atoms with Gasteiger partial charge < -0.3 is 95.7 Å². The van der Waals surface area contributed by atoms with Crippen molar-refractivity contribution in [3.05, 3.63) is 0 Å². The molecule has 0 aromatic carbocycles. The molecule has 2 fully saturated rings. The molecule has 0 aromatic rings. The number of unbranched alkanes of at least 4 members (excludes halogenated alkanes) is 1. The lowest BCUT2D eigenvalue weighted by Crippen LogP contribution is -2.64. The third kappa shape index (κ3) is 25.7. The van der Waals surface area contributed by atoms with Gasteiger partial charge in [0.15, 0.2) is 0 Å². The number of nitrogens with two attached hydrogens (primary N) is 5. The molecular formula is C58H100N14O18. The van der Waals surface area contributed by atoms with Crippen LogP contribution in [0.4, 0.5) is 0 Å². The molecule has 32 nitrogen and oxygen atoms in total. The van der Waals surface area contributed by atoms with E-state index in [1.54, 1.807) is 41.5 Å².